The van der Waals surface area contributed by atoms with E-state index in [2.05, 4.69) is 52.8 Å². The molecule has 2 saturated heterocycles. The second kappa shape index (κ2) is 35.2. The molecule has 5 aromatic carbocycles. The summed E-state index contributed by atoms with van der Waals surface area (Å²) in [6.07, 6.45) is 3.09. The number of carbonyl (C=O) groups excluding carboxylic acids is 12. The van der Waals surface area contributed by atoms with Gasteiger partial charge in [-0.2, -0.15) is 0 Å². The predicted molar refractivity (Wildman–Crippen MR) is 382 cm³/mol. The second-order valence-corrected chi connectivity index (χ2v) is 26.8. The summed E-state index contributed by atoms with van der Waals surface area (Å²) in [5.41, 5.74) is 13.8. The molecule has 30 heteroatoms. The Morgan fingerprint density at radius 2 is 1.38 bits per heavy atom. The number of nitrogens with two attached hydrogens (primary N) is 2. The number of rotatable bonds is 21. The molecule has 9 rings (SSSR count). The Balaban J connectivity index is 1.12. The van der Waals surface area contributed by atoms with Crippen molar-refractivity contribution in [2.45, 2.75) is 145 Å². The molecule has 0 spiro atoms. The summed E-state index contributed by atoms with van der Waals surface area (Å²) >= 11 is 0. The van der Waals surface area contributed by atoms with Crippen LogP contribution in [0.5, 0.6) is 5.75 Å². The second-order valence-electron chi connectivity index (χ2n) is 26.8. The Hall–Kier alpha value is -11.7. The Bertz CT molecular complexity index is 4220. The third-order valence-electron chi connectivity index (χ3n) is 18.7. The molecule has 10 atom stereocenters. The third-order valence-corrected chi connectivity index (χ3v) is 18.7. The number of aromatic nitrogens is 1. The summed E-state index contributed by atoms with van der Waals surface area (Å²) in [6, 6.07) is 15.5. The van der Waals surface area contributed by atoms with E-state index in [-0.39, 0.29) is 88.6 Å². The van der Waals surface area contributed by atoms with Gasteiger partial charge in [0.05, 0.1) is 6.42 Å². The van der Waals surface area contributed by atoms with Crippen LogP contribution in [0.1, 0.15) is 81.5 Å². The lowest BCUT2D eigenvalue weighted by Gasteiger charge is -2.33. The molecule has 550 valence electrons. The molecular weight excluding hydrogens is 1340 g/mol. The van der Waals surface area contributed by atoms with Gasteiger partial charge in [-0.25, -0.2) is 4.39 Å². The van der Waals surface area contributed by atoms with Crippen molar-refractivity contribution in [3.05, 3.63) is 162 Å². The van der Waals surface area contributed by atoms with E-state index in [0.717, 1.165) is 27.8 Å². The fourth-order valence-electron chi connectivity index (χ4n) is 13.1. The number of likely N-dealkylation sites (N-methyl/N-ethyl adjacent to an activating group) is 1. The first-order valence-electron chi connectivity index (χ1n) is 34.5. The van der Waals surface area contributed by atoms with Crippen LogP contribution in [0.15, 0.2) is 134 Å². The first-order chi connectivity index (χ1) is 49.7. The molecule has 0 aliphatic carbocycles. The van der Waals surface area contributed by atoms with E-state index in [1.807, 2.05) is 36.4 Å². The van der Waals surface area contributed by atoms with Crippen LogP contribution in [0.25, 0.3) is 21.7 Å². The predicted octanol–water partition coefficient (Wildman–Crippen LogP) is 0.749. The minimum absolute atomic E-state index is 0.00359. The number of hydrogen-bond acceptors (Lipinski definition) is 14. The number of phenolic OH excluding ortho intramolecular Hbond substituents is 1. The van der Waals surface area contributed by atoms with Crippen LogP contribution in [0.3, 0.4) is 0 Å². The number of hydrogen-bond donors (Lipinski definition) is 14. The number of aromatic amines is 1. The van der Waals surface area contributed by atoms with Gasteiger partial charge in [-0.05, 0) is 101 Å². The van der Waals surface area contributed by atoms with Crippen LogP contribution in [-0.4, -0.2) is 195 Å². The zero-order chi connectivity index (χ0) is 74.9. The lowest BCUT2D eigenvalue weighted by Crippen LogP contribution is -2.61. The molecular formula is C74H89FN16O13. The molecule has 12 amide bonds. The minimum Gasteiger partial charge on any atom is -0.508 e. The molecule has 16 N–H and O–H groups in total. The Labute approximate surface area is 599 Å². The fourth-order valence-corrected chi connectivity index (χ4v) is 13.1. The van der Waals surface area contributed by atoms with Crippen molar-refractivity contribution in [3.63, 3.8) is 0 Å². The van der Waals surface area contributed by atoms with Crippen LogP contribution in [0, 0.1) is 17.1 Å². The van der Waals surface area contributed by atoms with Crippen LogP contribution >= 0.6 is 0 Å². The number of guanidine groups is 1. The van der Waals surface area contributed by atoms with Gasteiger partial charge < -0.3 is 84.1 Å². The van der Waals surface area contributed by atoms with E-state index in [0.29, 0.717) is 39.6 Å². The van der Waals surface area contributed by atoms with Crippen molar-refractivity contribution in [1.82, 2.24) is 67.5 Å². The standard InChI is InChI=1S/C74H89FN16O13/c1-41(2)32-54-65(96)82-53(16-9-29-79-74(77)78)73(104)91-31-11-18-61(91)70(101)88-59(64(76)95)40-81-63(94)38-58(72(103)89(4)62(36-44-22-27-50(93)28-23-44)71(102)86-56(67(98)83-54)35-45-19-24-46-12-5-6-13-47(46)33-45)87-68(99)57(37-48-39-80-52-15-8-7-14-51(48)52)84-66(97)55(34-43-20-25-49(75)26-21-43)85-69(100)60-17-10-30-90(60)42(3)92/h5-8,10,12-15,17,19-28,33,39,41,53-62,80,93H,9,11,16,18,29-32,34-38,40H2,1-4H3,(H2,76,95)(H,81,94)(H,82,96)(H,83,98)(H,84,97)(H,85,100)(H,86,102)(H,87,99)(H,88,101)(H4,77,78,79)/t53-,54-,55+,56+,57+,58-,59?,60?,61-,62-/m0/s1. The van der Waals surface area contributed by atoms with Crippen molar-refractivity contribution >= 4 is 98.5 Å². The van der Waals surface area contributed by atoms with Crippen molar-refractivity contribution in [2.24, 2.45) is 17.4 Å². The Kier molecular flexibility index (Phi) is 25.9. The average Bonchev–Trinajstić information content (AvgIpc) is 1.59. The number of H-pyrrole nitrogens is 1. The van der Waals surface area contributed by atoms with Gasteiger partial charge in [0.1, 0.15) is 72.0 Å². The van der Waals surface area contributed by atoms with Gasteiger partial charge in [0.25, 0.3) is 0 Å². The Morgan fingerprint density at radius 1 is 0.721 bits per heavy atom. The average molecular weight is 1430 g/mol. The van der Waals surface area contributed by atoms with Crippen LogP contribution < -0.4 is 59.3 Å². The summed E-state index contributed by atoms with van der Waals surface area (Å²) in [7, 11) is 1.21. The van der Waals surface area contributed by atoms with Crippen molar-refractivity contribution < 1.29 is 67.0 Å². The Morgan fingerprint density at radius 3 is 2.10 bits per heavy atom. The first-order valence-corrected chi connectivity index (χ1v) is 34.5. The summed E-state index contributed by atoms with van der Waals surface area (Å²) in [6.45, 7) is 4.40. The molecule has 3 aliphatic heterocycles. The number of benzene rings is 5. The fraction of sp³-hybridized carbons (Fsp3) is 0.392. The van der Waals surface area contributed by atoms with Gasteiger partial charge >= 0.3 is 0 Å². The molecule has 4 heterocycles. The number of carbonyl (C=O) groups is 12. The van der Waals surface area contributed by atoms with E-state index in [4.69, 9.17) is 16.9 Å². The van der Waals surface area contributed by atoms with Crippen LogP contribution in [0.2, 0.25) is 0 Å². The topological polar surface area (TPSA) is 435 Å². The zero-order valence-electron chi connectivity index (χ0n) is 58.2. The summed E-state index contributed by atoms with van der Waals surface area (Å²) in [4.78, 5) is 183. The highest BCUT2D eigenvalue weighted by Gasteiger charge is 2.42. The highest BCUT2D eigenvalue weighted by molar-refractivity contribution is 6.01. The van der Waals surface area contributed by atoms with Gasteiger partial charge in [-0.3, -0.25) is 62.9 Å². The van der Waals surface area contributed by atoms with Gasteiger partial charge in [-0.1, -0.05) is 111 Å². The molecule has 3 aliphatic rings. The van der Waals surface area contributed by atoms with E-state index >= 15 is 24.0 Å². The number of amides is 12. The number of aromatic hydroxyl groups is 1. The number of fused-ring (bicyclic) bond motifs is 3. The molecule has 6 aromatic rings. The molecule has 29 nitrogen and oxygen atoms in total. The molecule has 0 bridgehead atoms. The quantitative estimate of drug-likeness (QED) is 0.0205. The van der Waals surface area contributed by atoms with Crippen LogP contribution in [-0.2, 0) is 83.2 Å². The first kappa shape index (κ1) is 76.5. The van der Waals surface area contributed by atoms with Crippen molar-refractivity contribution in [1.29, 1.82) is 5.41 Å². The third kappa shape index (κ3) is 20.3. The van der Waals surface area contributed by atoms with Gasteiger partial charge in [-0.15, -0.1) is 0 Å². The SMILES string of the molecule is CC(=O)N1CC=CC1C(=O)N[C@H](Cc1ccc(F)cc1)C(=O)N[C@H](Cc1c[nH]c2ccccc12)C(=O)N[C@H]1CC(=O)NCC(C(N)=O)NC(=O)[C@@H]2CCCN2C(=O)[C@H](CCCNC(=N)N)NC(=O)[C@H](CC(C)C)NC(=O)[C@@H](Cc2ccc3ccccc3c2)NC(=O)[C@H](Cc2ccc(O)cc2)N(C)C1=O. The maximum Gasteiger partial charge on any atom is 0.247 e. The van der Waals surface area contributed by atoms with E-state index in [1.54, 1.807) is 56.5 Å². The molecule has 2 fully saturated rings. The van der Waals surface area contributed by atoms with Gasteiger partial charge in [0.15, 0.2) is 5.96 Å². The largest absolute Gasteiger partial charge is 0.508 e. The molecule has 1 aromatic heterocycles. The molecule has 0 saturated carbocycles. The zero-order valence-corrected chi connectivity index (χ0v) is 58.2. The van der Waals surface area contributed by atoms with E-state index < -0.39 is 150 Å². The van der Waals surface area contributed by atoms with Gasteiger partial charge in [0.2, 0.25) is 70.9 Å². The molecule has 2 unspecified atom stereocenters. The molecule has 104 heavy (non-hydrogen) atoms. The van der Waals surface area contributed by atoms with Crippen molar-refractivity contribution in [2.75, 3.05) is 33.2 Å². The smallest absolute Gasteiger partial charge is 0.247 e. The van der Waals surface area contributed by atoms with Gasteiger partial charge in [0, 0.05) is 82.9 Å². The maximum atomic E-state index is 15.8. The van der Waals surface area contributed by atoms with Crippen LogP contribution in [0.4, 0.5) is 4.39 Å². The normalized spacial score (nSPS) is 21.6. The van der Waals surface area contributed by atoms with E-state index in [1.165, 1.54) is 66.2 Å². The highest BCUT2D eigenvalue weighted by atomic mass is 19.1. The number of nitrogens with one attached hydrogen (secondary N) is 11. The summed E-state index contributed by atoms with van der Waals surface area (Å²) in [5.74, 6) is -12.1. The number of para-hydroxylation sites is 1. The maximum absolute atomic E-state index is 15.8. The summed E-state index contributed by atoms with van der Waals surface area (Å²) < 4.78 is 14.3. The number of halogens is 1. The minimum atomic E-state index is -1.99. The lowest BCUT2D eigenvalue weighted by atomic mass is 9.98. The highest BCUT2D eigenvalue weighted by Crippen LogP contribution is 2.25. The lowest BCUT2D eigenvalue weighted by molar-refractivity contribution is -0.144. The number of primary amides is 1. The van der Waals surface area contributed by atoms with E-state index in [9.17, 15) is 43.1 Å². The molecule has 0 radical (unpaired) electrons. The van der Waals surface area contributed by atoms with Crippen molar-refractivity contribution in [3.8, 4) is 5.75 Å². The number of phenols is 1. The number of nitrogens with zero attached hydrogens (tertiary/aromatic N) is 3. The summed E-state index contributed by atoms with van der Waals surface area (Å²) in [5, 5.41) is 44.7. The monoisotopic (exact) mass is 1430 g/mol.